The quantitative estimate of drug-likeness (QED) is 0.790. The Morgan fingerprint density at radius 3 is 2.66 bits per heavy atom. The van der Waals surface area contributed by atoms with Gasteiger partial charge in [0, 0.05) is 51.5 Å². The summed E-state index contributed by atoms with van der Waals surface area (Å²) in [5.41, 5.74) is 3.19. The van der Waals surface area contributed by atoms with Gasteiger partial charge in [0.1, 0.15) is 0 Å². The third kappa shape index (κ3) is 3.23. The Morgan fingerprint density at radius 1 is 1.31 bits per heavy atom. The highest BCUT2D eigenvalue weighted by atomic mass is 16.2. The summed E-state index contributed by atoms with van der Waals surface area (Å²) in [4.78, 5) is 37.0. The van der Waals surface area contributed by atoms with Crippen molar-refractivity contribution in [3.8, 4) is 0 Å². The summed E-state index contributed by atoms with van der Waals surface area (Å²) in [7, 11) is 3.55. The number of rotatable bonds is 3. The van der Waals surface area contributed by atoms with Crippen molar-refractivity contribution < 1.29 is 9.59 Å². The van der Waals surface area contributed by atoms with Crippen molar-refractivity contribution in [1.29, 1.82) is 0 Å². The molecule has 9 heteroatoms. The van der Waals surface area contributed by atoms with Crippen molar-refractivity contribution in [2.24, 2.45) is 0 Å². The summed E-state index contributed by atoms with van der Waals surface area (Å²) >= 11 is 0. The zero-order valence-corrected chi connectivity index (χ0v) is 17.5. The minimum atomic E-state index is -0.386. The van der Waals surface area contributed by atoms with E-state index in [1.165, 1.54) is 0 Å². The fraction of sp³-hybridized carbons (Fsp3) is 0.600. The zero-order chi connectivity index (χ0) is 20.8. The molecule has 29 heavy (non-hydrogen) atoms. The maximum absolute atomic E-state index is 13.0. The molecule has 1 fully saturated rings. The molecule has 4 rings (SSSR count). The van der Waals surface area contributed by atoms with Crippen molar-refractivity contribution in [2.45, 2.75) is 51.2 Å². The van der Waals surface area contributed by atoms with Gasteiger partial charge in [0.05, 0.1) is 35.4 Å². The van der Waals surface area contributed by atoms with Crippen molar-refractivity contribution >= 4 is 11.8 Å². The van der Waals surface area contributed by atoms with Gasteiger partial charge in [0.25, 0.3) is 5.91 Å². The maximum atomic E-state index is 13.0. The topological polar surface area (TPSA) is 99.1 Å². The Kier molecular flexibility index (Phi) is 4.94. The second-order valence-electron chi connectivity index (χ2n) is 8.20. The zero-order valence-electron chi connectivity index (χ0n) is 17.5. The van der Waals surface area contributed by atoms with Gasteiger partial charge in [-0.05, 0) is 26.7 Å². The highest BCUT2D eigenvalue weighted by Crippen LogP contribution is 2.38. The van der Waals surface area contributed by atoms with E-state index in [9.17, 15) is 9.59 Å². The lowest BCUT2D eigenvalue weighted by atomic mass is 9.78. The van der Waals surface area contributed by atoms with E-state index >= 15 is 0 Å². The van der Waals surface area contributed by atoms with Gasteiger partial charge in [0.2, 0.25) is 5.91 Å². The Bertz CT molecular complexity index is 921. The van der Waals surface area contributed by atoms with Crippen LogP contribution >= 0.6 is 0 Å². The molecule has 0 saturated carbocycles. The van der Waals surface area contributed by atoms with Crippen molar-refractivity contribution in [2.75, 3.05) is 27.2 Å². The van der Waals surface area contributed by atoms with Crippen LogP contribution in [0.5, 0.6) is 0 Å². The normalized spacial score (nSPS) is 20.6. The molecule has 2 aromatic heterocycles. The molecule has 9 nitrogen and oxygen atoms in total. The standard InChI is InChI=1S/C20H29N7O2/c1-5-27-13(2)14(11-23-27)18(28)26-8-6-20(7-9-26)17-15(21-12-22-17)10-16(24-20)19(29)25(3)4/h11-12,16,24H,5-10H2,1-4H3,(H,21,22)/t16-/m0/s1. The molecule has 2 aliphatic heterocycles. The van der Waals surface area contributed by atoms with Crippen molar-refractivity contribution in [1.82, 2.24) is 34.9 Å². The Morgan fingerprint density at radius 2 is 2.03 bits per heavy atom. The summed E-state index contributed by atoms with van der Waals surface area (Å²) in [6.07, 6.45) is 5.41. The van der Waals surface area contributed by atoms with Crippen LogP contribution in [0.25, 0.3) is 0 Å². The van der Waals surface area contributed by atoms with Gasteiger partial charge in [-0.1, -0.05) is 0 Å². The number of aromatic amines is 1. The summed E-state index contributed by atoms with van der Waals surface area (Å²) in [5.74, 6) is 0.0850. The molecule has 1 atom stereocenters. The predicted octanol–water partition coefficient (Wildman–Crippen LogP) is 0.669. The second kappa shape index (κ2) is 7.29. The molecular weight excluding hydrogens is 370 g/mol. The van der Waals surface area contributed by atoms with E-state index in [2.05, 4.69) is 20.4 Å². The van der Waals surface area contributed by atoms with E-state index in [0.29, 0.717) is 25.1 Å². The molecule has 0 bridgehead atoms. The summed E-state index contributed by atoms with van der Waals surface area (Å²) in [6.45, 7) is 5.91. The molecule has 2 N–H and O–H groups in total. The SMILES string of the molecule is CCn1ncc(C(=O)N2CCC3(CC2)N[C@H](C(=O)N(C)C)Cc2[nH]cnc23)c1C. The fourth-order valence-electron chi connectivity index (χ4n) is 4.63. The van der Waals surface area contributed by atoms with E-state index in [-0.39, 0.29) is 23.4 Å². The first-order chi connectivity index (χ1) is 13.9. The average Bonchev–Trinajstić information content (AvgIpc) is 3.34. The Balaban J connectivity index is 1.54. The third-order valence-corrected chi connectivity index (χ3v) is 6.31. The number of carbonyl (C=O) groups is 2. The molecule has 1 spiro atoms. The molecule has 0 aromatic carbocycles. The van der Waals surface area contributed by atoms with Crippen molar-refractivity contribution in [3.63, 3.8) is 0 Å². The van der Waals surface area contributed by atoms with Crippen LogP contribution < -0.4 is 5.32 Å². The van der Waals surface area contributed by atoms with Crippen molar-refractivity contribution in [3.05, 3.63) is 35.2 Å². The molecule has 2 amide bonds. The Labute approximate surface area is 170 Å². The van der Waals surface area contributed by atoms with Crippen LogP contribution in [0.1, 0.15) is 47.2 Å². The lowest BCUT2D eigenvalue weighted by molar-refractivity contribution is -0.132. The van der Waals surface area contributed by atoms with Gasteiger partial charge in [0.15, 0.2) is 0 Å². The van der Waals surface area contributed by atoms with Gasteiger partial charge in [-0.3, -0.25) is 19.6 Å². The lowest BCUT2D eigenvalue weighted by Crippen LogP contribution is -2.61. The van der Waals surface area contributed by atoms with Crippen LogP contribution in [0.2, 0.25) is 0 Å². The number of likely N-dealkylation sites (tertiary alicyclic amines) is 1. The van der Waals surface area contributed by atoms with Gasteiger partial charge in [-0.15, -0.1) is 0 Å². The number of aromatic nitrogens is 4. The fourth-order valence-corrected chi connectivity index (χ4v) is 4.63. The summed E-state index contributed by atoms with van der Waals surface area (Å²) in [6, 6.07) is -0.287. The maximum Gasteiger partial charge on any atom is 0.257 e. The number of carbonyl (C=O) groups excluding carboxylic acids is 2. The van der Waals surface area contributed by atoms with Gasteiger partial charge in [-0.2, -0.15) is 5.10 Å². The van der Waals surface area contributed by atoms with E-state index in [4.69, 9.17) is 0 Å². The number of nitrogens with zero attached hydrogens (tertiary/aromatic N) is 5. The number of imidazole rings is 1. The highest BCUT2D eigenvalue weighted by molar-refractivity contribution is 5.95. The third-order valence-electron chi connectivity index (χ3n) is 6.31. The van der Waals surface area contributed by atoms with Crippen LogP contribution in [0.4, 0.5) is 0 Å². The highest BCUT2D eigenvalue weighted by Gasteiger charge is 2.46. The first kappa shape index (κ1) is 19.6. The summed E-state index contributed by atoms with van der Waals surface area (Å²) < 4.78 is 1.84. The van der Waals surface area contributed by atoms with E-state index in [1.54, 1.807) is 31.5 Å². The number of hydrogen-bond donors (Lipinski definition) is 2. The smallest absolute Gasteiger partial charge is 0.257 e. The predicted molar refractivity (Wildman–Crippen MR) is 107 cm³/mol. The number of piperidine rings is 1. The molecule has 4 heterocycles. The van der Waals surface area contributed by atoms with E-state index < -0.39 is 0 Å². The number of amides is 2. The largest absolute Gasteiger partial charge is 0.348 e. The lowest BCUT2D eigenvalue weighted by Gasteiger charge is -2.46. The Hall–Kier alpha value is -2.68. The molecular formula is C20H29N7O2. The molecule has 2 aromatic rings. The minimum Gasteiger partial charge on any atom is -0.348 e. The van der Waals surface area contributed by atoms with Gasteiger partial charge < -0.3 is 14.8 Å². The molecule has 2 aliphatic rings. The average molecular weight is 399 g/mol. The number of fused-ring (bicyclic) bond motifs is 2. The monoisotopic (exact) mass is 399 g/mol. The van der Waals surface area contributed by atoms with Gasteiger partial charge in [-0.25, -0.2) is 4.98 Å². The van der Waals surface area contributed by atoms with Crippen LogP contribution in [-0.4, -0.2) is 74.6 Å². The van der Waals surface area contributed by atoms with E-state index in [1.807, 2.05) is 23.4 Å². The van der Waals surface area contributed by atoms with Crippen LogP contribution in [0, 0.1) is 6.92 Å². The molecule has 156 valence electrons. The van der Waals surface area contributed by atoms with Crippen LogP contribution in [0.15, 0.2) is 12.5 Å². The number of H-pyrrole nitrogens is 1. The molecule has 0 unspecified atom stereocenters. The van der Waals surface area contributed by atoms with Crippen LogP contribution in [0.3, 0.4) is 0 Å². The number of aryl methyl sites for hydroxylation is 1. The number of hydrogen-bond acceptors (Lipinski definition) is 5. The first-order valence-electron chi connectivity index (χ1n) is 10.2. The number of likely N-dealkylation sites (N-methyl/N-ethyl adjacent to an activating group) is 1. The van der Waals surface area contributed by atoms with E-state index in [0.717, 1.165) is 36.5 Å². The van der Waals surface area contributed by atoms with Crippen LogP contribution in [-0.2, 0) is 23.3 Å². The molecule has 0 radical (unpaired) electrons. The first-order valence-corrected chi connectivity index (χ1v) is 10.2. The number of nitrogens with one attached hydrogen (secondary N) is 2. The van der Waals surface area contributed by atoms with Gasteiger partial charge >= 0.3 is 0 Å². The summed E-state index contributed by atoms with van der Waals surface area (Å²) in [5, 5.41) is 7.89. The minimum absolute atomic E-state index is 0.0241. The molecule has 0 aliphatic carbocycles. The molecule has 1 saturated heterocycles. The second-order valence-corrected chi connectivity index (χ2v) is 8.20.